The molecule has 2 saturated heterocycles. The number of ether oxygens (including phenoxy) is 4. The van der Waals surface area contributed by atoms with E-state index < -0.39 is 5.41 Å². The van der Waals surface area contributed by atoms with Crippen molar-refractivity contribution in [2.45, 2.75) is 56.5 Å². The van der Waals surface area contributed by atoms with Crippen LogP contribution in [0.4, 0.5) is 0 Å². The highest BCUT2D eigenvalue weighted by Crippen LogP contribution is 2.56. The molecule has 210 valence electrons. The highest BCUT2D eigenvalue weighted by atomic mass is 16.6. The summed E-state index contributed by atoms with van der Waals surface area (Å²) in [6, 6.07) is 36.1. The first kappa shape index (κ1) is 26.6. The van der Waals surface area contributed by atoms with Crippen molar-refractivity contribution < 1.29 is 18.9 Å². The van der Waals surface area contributed by atoms with Gasteiger partial charge < -0.3 is 18.9 Å². The van der Waals surface area contributed by atoms with Gasteiger partial charge in [0.15, 0.2) is 0 Å². The van der Waals surface area contributed by atoms with Crippen LogP contribution in [-0.2, 0) is 24.4 Å². The average molecular weight is 547 g/mol. The summed E-state index contributed by atoms with van der Waals surface area (Å²) in [4.78, 5) is 0. The number of rotatable bonds is 12. The van der Waals surface area contributed by atoms with E-state index in [-0.39, 0.29) is 24.4 Å². The number of hydrogen-bond donors (Lipinski definition) is 0. The van der Waals surface area contributed by atoms with Crippen LogP contribution in [-0.4, -0.2) is 38.6 Å². The molecule has 0 bridgehead atoms. The van der Waals surface area contributed by atoms with E-state index in [0.29, 0.717) is 13.2 Å². The molecule has 4 nitrogen and oxygen atoms in total. The Kier molecular flexibility index (Phi) is 7.26. The Hall–Kier alpha value is -3.28. The van der Waals surface area contributed by atoms with Gasteiger partial charge in [0.05, 0.1) is 44.1 Å². The molecule has 3 aliphatic rings. The second kappa shape index (κ2) is 11.2. The summed E-state index contributed by atoms with van der Waals surface area (Å²) >= 11 is 0. The number of hydrogen-bond acceptors (Lipinski definition) is 4. The zero-order chi connectivity index (χ0) is 27.8. The van der Waals surface area contributed by atoms with Gasteiger partial charge in [-0.3, -0.25) is 0 Å². The van der Waals surface area contributed by atoms with E-state index in [2.05, 4.69) is 111 Å². The lowest BCUT2D eigenvalue weighted by molar-refractivity contribution is 0.0394. The molecule has 0 N–H and O–H groups in total. The minimum atomic E-state index is -0.418. The van der Waals surface area contributed by atoms with Crippen molar-refractivity contribution in [3.8, 4) is 11.1 Å². The molecular weight excluding hydrogens is 508 g/mol. The van der Waals surface area contributed by atoms with Crippen LogP contribution in [0, 0.1) is 0 Å². The summed E-state index contributed by atoms with van der Waals surface area (Å²) < 4.78 is 23.2. The average Bonchev–Trinajstić information content (AvgIpc) is 3.97. The quantitative estimate of drug-likeness (QED) is 0.150. The van der Waals surface area contributed by atoms with Crippen molar-refractivity contribution in [2.24, 2.45) is 0 Å². The Morgan fingerprint density at radius 2 is 1.00 bits per heavy atom. The molecule has 0 radical (unpaired) electrons. The predicted molar refractivity (Wildman–Crippen MR) is 161 cm³/mol. The van der Waals surface area contributed by atoms with E-state index in [0.717, 1.165) is 26.1 Å². The maximum atomic E-state index is 6.23. The topological polar surface area (TPSA) is 43.5 Å². The van der Waals surface area contributed by atoms with Crippen molar-refractivity contribution in [1.82, 2.24) is 0 Å². The zero-order valence-electron chi connectivity index (χ0n) is 23.9. The lowest BCUT2D eigenvalue weighted by Crippen LogP contribution is -2.28. The van der Waals surface area contributed by atoms with Gasteiger partial charge in [0.25, 0.3) is 0 Å². The van der Waals surface area contributed by atoms with Crippen LogP contribution < -0.4 is 0 Å². The number of epoxide rings is 2. The predicted octanol–water partition coefficient (Wildman–Crippen LogP) is 7.78. The van der Waals surface area contributed by atoms with Crippen molar-refractivity contribution in [2.75, 3.05) is 26.4 Å². The SMILES string of the molecule is CCC(OCC1CO1)c1ccc(C2(c3ccc(C(CC)OCC4CO4)cc3)c3ccccc3-c3ccccc32)cc1. The van der Waals surface area contributed by atoms with Crippen LogP contribution in [0.25, 0.3) is 11.1 Å². The van der Waals surface area contributed by atoms with Gasteiger partial charge in [0, 0.05) is 0 Å². The van der Waals surface area contributed by atoms with Crippen molar-refractivity contribution in [1.29, 1.82) is 0 Å². The van der Waals surface area contributed by atoms with Gasteiger partial charge in [0.1, 0.15) is 12.2 Å². The lowest BCUT2D eigenvalue weighted by Gasteiger charge is -2.34. The first-order valence-corrected chi connectivity index (χ1v) is 15.1. The van der Waals surface area contributed by atoms with E-state index in [1.807, 2.05) is 0 Å². The van der Waals surface area contributed by atoms with Crippen LogP contribution in [0.2, 0.25) is 0 Å². The molecule has 7 rings (SSSR count). The van der Waals surface area contributed by atoms with Gasteiger partial charge in [-0.25, -0.2) is 0 Å². The van der Waals surface area contributed by atoms with Gasteiger partial charge in [-0.1, -0.05) is 111 Å². The highest BCUT2D eigenvalue weighted by molar-refractivity contribution is 5.86. The monoisotopic (exact) mass is 546 g/mol. The van der Waals surface area contributed by atoms with Gasteiger partial charge in [0.2, 0.25) is 0 Å². The summed E-state index contributed by atoms with van der Waals surface area (Å²) in [5.74, 6) is 0. The first-order valence-electron chi connectivity index (χ1n) is 15.1. The largest absolute Gasteiger partial charge is 0.371 e. The lowest BCUT2D eigenvalue weighted by atomic mass is 9.67. The molecule has 4 aromatic carbocycles. The fraction of sp³-hybridized carbons (Fsp3) is 0.351. The number of fused-ring (bicyclic) bond motifs is 3. The van der Waals surface area contributed by atoms with Gasteiger partial charge in [-0.05, 0) is 57.3 Å². The zero-order valence-corrected chi connectivity index (χ0v) is 23.9. The summed E-state index contributed by atoms with van der Waals surface area (Å²) in [7, 11) is 0. The molecule has 2 aliphatic heterocycles. The van der Waals surface area contributed by atoms with Crippen LogP contribution in [0.5, 0.6) is 0 Å². The van der Waals surface area contributed by atoms with Crippen LogP contribution >= 0.6 is 0 Å². The molecule has 2 fully saturated rings. The maximum Gasteiger partial charge on any atom is 0.104 e. The number of benzene rings is 4. The van der Waals surface area contributed by atoms with Crippen molar-refractivity contribution in [3.05, 3.63) is 130 Å². The minimum absolute atomic E-state index is 0.0682. The molecule has 4 atom stereocenters. The molecule has 0 amide bonds. The Bertz CT molecular complexity index is 1370. The van der Waals surface area contributed by atoms with Crippen LogP contribution in [0.3, 0.4) is 0 Å². The van der Waals surface area contributed by atoms with Gasteiger partial charge in [-0.2, -0.15) is 0 Å². The highest BCUT2D eigenvalue weighted by Gasteiger charge is 2.46. The summed E-state index contributed by atoms with van der Waals surface area (Å²) in [5.41, 5.74) is 9.79. The second-order valence-corrected chi connectivity index (χ2v) is 11.5. The normalized spacial score (nSPS) is 21.1. The smallest absolute Gasteiger partial charge is 0.104 e. The molecule has 41 heavy (non-hydrogen) atoms. The van der Waals surface area contributed by atoms with Crippen LogP contribution in [0.15, 0.2) is 97.1 Å². The third-order valence-corrected chi connectivity index (χ3v) is 8.90. The minimum Gasteiger partial charge on any atom is -0.371 e. The third kappa shape index (κ3) is 4.93. The summed E-state index contributed by atoms with van der Waals surface area (Å²) in [6.07, 6.45) is 2.52. The third-order valence-electron chi connectivity index (χ3n) is 8.90. The fourth-order valence-corrected chi connectivity index (χ4v) is 6.59. The first-order chi connectivity index (χ1) is 20.2. The summed E-state index contributed by atoms with van der Waals surface area (Å²) in [5, 5.41) is 0. The molecule has 4 aromatic rings. The molecule has 4 unspecified atom stereocenters. The van der Waals surface area contributed by atoms with E-state index in [9.17, 15) is 0 Å². The molecule has 0 aromatic heterocycles. The van der Waals surface area contributed by atoms with E-state index in [4.69, 9.17) is 18.9 Å². The van der Waals surface area contributed by atoms with Crippen LogP contribution in [0.1, 0.15) is 72.3 Å². The van der Waals surface area contributed by atoms with Crippen molar-refractivity contribution >= 4 is 0 Å². The van der Waals surface area contributed by atoms with Gasteiger partial charge in [-0.15, -0.1) is 0 Å². The van der Waals surface area contributed by atoms with E-state index >= 15 is 0 Å². The Balaban J connectivity index is 1.31. The van der Waals surface area contributed by atoms with E-state index in [1.54, 1.807) is 0 Å². The second-order valence-electron chi connectivity index (χ2n) is 11.5. The molecule has 1 aliphatic carbocycles. The Morgan fingerprint density at radius 1 is 0.610 bits per heavy atom. The molecule has 0 spiro atoms. The molecule has 2 heterocycles. The van der Waals surface area contributed by atoms with E-state index in [1.165, 1.54) is 44.5 Å². The maximum absolute atomic E-state index is 6.23. The molecule has 0 saturated carbocycles. The Morgan fingerprint density at radius 3 is 1.37 bits per heavy atom. The van der Waals surface area contributed by atoms with Crippen molar-refractivity contribution in [3.63, 3.8) is 0 Å². The fourth-order valence-electron chi connectivity index (χ4n) is 6.59. The Labute approximate surface area is 243 Å². The summed E-state index contributed by atoms with van der Waals surface area (Å²) in [6.45, 7) is 7.32. The van der Waals surface area contributed by atoms with Gasteiger partial charge >= 0.3 is 0 Å². The standard InChI is InChI=1S/C37H38O4/c1-3-35(40-23-29-21-38-29)25-13-17-27(18-14-25)37(33-11-7-5-9-31(33)32-10-6-8-12-34(32)37)28-19-15-26(16-20-28)36(4-2)41-24-30-22-39-30/h5-20,29-30,35-36H,3-4,21-24H2,1-2H3. The molecule has 4 heteroatoms. The molecular formula is C37H38O4.